The number of hydrogen-bond donors (Lipinski definition) is 0. The Balaban J connectivity index is 2.58. The molecule has 54 valence electrons. The van der Waals surface area contributed by atoms with Gasteiger partial charge in [-0.25, -0.2) is 4.98 Å². The molecule has 0 bridgehead atoms. The molecule has 0 saturated heterocycles. The molecule has 0 spiro atoms. The summed E-state index contributed by atoms with van der Waals surface area (Å²) in [5.41, 5.74) is 0. The fraction of sp³-hybridized carbons (Fsp3) is 0.333. The lowest BCUT2D eigenvalue weighted by Crippen LogP contribution is -1.96. The predicted molar refractivity (Wildman–Crippen MR) is 37.7 cm³/mol. The van der Waals surface area contributed by atoms with Crippen LogP contribution in [0.4, 0.5) is 0 Å². The topological polar surface area (TPSA) is 39.2 Å². The van der Waals surface area contributed by atoms with Gasteiger partial charge in [0.1, 0.15) is 11.1 Å². The van der Waals surface area contributed by atoms with Crippen molar-refractivity contribution in [3.8, 4) is 0 Å². The lowest BCUT2D eigenvalue weighted by Gasteiger charge is -2.03. The van der Waals surface area contributed by atoms with Crippen molar-refractivity contribution in [1.82, 2.24) is 4.98 Å². The van der Waals surface area contributed by atoms with E-state index in [4.69, 9.17) is 0 Å². The van der Waals surface area contributed by atoms with E-state index in [1.807, 2.05) is 5.38 Å². The molecule has 0 aliphatic heterocycles. The predicted octanol–water partition coefficient (Wildman–Crippen LogP) is 1.38. The third-order valence-electron chi connectivity index (χ3n) is 1.06. The van der Waals surface area contributed by atoms with Gasteiger partial charge in [-0.2, -0.15) is 0 Å². The van der Waals surface area contributed by atoms with Gasteiger partial charge < -0.3 is 4.74 Å². The van der Waals surface area contributed by atoms with E-state index in [1.54, 1.807) is 13.1 Å². The third kappa shape index (κ3) is 1.54. The van der Waals surface area contributed by atoms with Crippen LogP contribution in [-0.2, 0) is 9.53 Å². The Morgan fingerprint density at radius 1 is 1.90 bits per heavy atom. The zero-order chi connectivity index (χ0) is 7.40. The summed E-state index contributed by atoms with van der Waals surface area (Å²) in [7, 11) is 0. The first-order valence-electron chi connectivity index (χ1n) is 2.83. The molecule has 3 nitrogen and oxygen atoms in total. The van der Waals surface area contributed by atoms with Gasteiger partial charge in [-0.05, 0) is 6.92 Å². The van der Waals surface area contributed by atoms with Gasteiger partial charge >= 0.3 is 0 Å². The molecule has 0 aliphatic carbocycles. The fourth-order valence-electron chi connectivity index (χ4n) is 0.577. The van der Waals surface area contributed by atoms with Crippen molar-refractivity contribution in [3.63, 3.8) is 0 Å². The molecule has 1 unspecified atom stereocenters. The Kier molecular flexibility index (Phi) is 2.39. The highest BCUT2D eigenvalue weighted by Gasteiger charge is 2.06. The van der Waals surface area contributed by atoms with E-state index in [0.717, 1.165) is 5.01 Å². The van der Waals surface area contributed by atoms with Crippen molar-refractivity contribution >= 4 is 17.8 Å². The molecule has 1 atom stereocenters. The standard InChI is InChI=1S/C6H7NO2S/c1-5(9-4-8)6-7-2-3-10-6/h2-5H,1H3. The van der Waals surface area contributed by atoms with Gasteiger partial charge in [-0.3, -0.25) is 4.79 Å². The lowest BCUT2D eigenvalue weighted by molar-refractivity contribution is -0.133. The minimum absolute atomic E-state index is 0.211. The summed E-state index contributed by atoms with van der Waals surface area (Å²) >= 11 is 1.48. The van der Waals surface area contributed by atoms with Crippen LogP contribution < -0.4 is 0 Å². The number of carbonyl (C=O) groups excluding carboxylic acids is 1. The van der Waals surface area contributed by atoms with Gasteiger partial charge in [-0.15, -0.1) is 11.3 Å². The summed E-state index contributed by atoms with van der Waals surface area (Å²) in [6.07, 6.45) is 1.47. The van der Waals surface area contributed by atoms with Crippen molar-refractivity contribution in [2.75, 3.05) is 0 Å². The van der Waals surface area contributed by atoms with Crippen LogP contribution in [0.25, 0.3) is 0 Å². The van der Waals surface area contributed by atoms with Crippen LogP contribution >= 0.6 is 11.3 Å². The van der Waals surface area contributed by atoms with Crippen molar-refractivity contribution in [1.29, 1.82) is 0 Å². The summed E-state index contributed by atoms with van der Waals surface area (Å²) in [6, 6.07) is 0. The normalized spacial score (nSPS) is 12.5. The molecular weight excluding hydrogens is 150 g/mol. The van der Waals surface area contributed by atoms with Gasteiger partial charge in [0.2, 0.25) is 0 Å². The van der Waals surface area contributed by atoms with Crippen molar-refractivity contribution < 1.29 is 9.53 Å². The summed E-state index contributed by atoms with van der Waals surface area (Å²) in [4.78, 5) is 13.8. The maximum absolute atomic E-state index is 9.87. The SMILES string of the molecule is CC(OC=O)c1nccs1. The Labute approximate surface area is 62.7 Å². The number of hydrogen-bond acceptors (Lipinski definition) is 4. The van der Waals surface area contributed by atoms with Crippen LogP contribution in [0.5, 0.6) is 0 Å². The molecule has 0 amide bonds. The molecule has 10 heavy (non-hydrogen) atoms. The lowest BCUT2D eigenvalue weighted by atomic mass is 10.4. The number of carbonyl (C=O) groups is 1. The highest BCUT2D eigenvalue weighted by Crippen LogP contribution is 2.17. The summed E-state index contributed by atoms with van der Waals surface area (Å²) in [5, 5.41) is 2.67. The van der Waals surface area contributed by atoms with E-state index in [2.05, 4.69) is 9.72 Å². The molecule has 4 heteroatoms. The van der Waals surface area contributed by atoms with Gasteiger partial charge in [0.25, 0.3) is 6.47 Å². The van der Waals surface area contributed by atoms with Crippen LogP contribution in [0.2, 0.25) is 0 Å². The Morgan fingerprint density at radius 3 is 3.20 bits per heavy atom. The molecule has 0 fully saturated rings. The second-order valence-corrected chi connectivity index (χ2v) is 2.67. The van der Waals surface area contributed by atoms with E-state index in [-0.39, 0.29) is 6.10 Å². The molecule has 1 aromatic heterocycles. The number of thiazole rings is 1. The molecule has 0 radical (unpaired) electrons. The number of ether oxygens (including phenoxy) is 1. The minimum Gasteiger partial charge on any atom is -0.457 e. The summed E-state index contributed by atoms with van der Waals surface area (Å²) in [6.45, 7) is 2.22. The number of rotatable bonds is 3. The maximum Gasteiger partial charge on any atom is 0.293 e. The van der Waals surface area contributed by atoms with E-state index in [9.17, 15) is 4.79 Å². The molecule has 1 heterocycles. The quantitative estimate of drug-likeness (QED) is 0.622. The highest BCUT2D eigenvalue weighted by molar-refractivity contribution is 7.09. The highest BCUT2D eigenvalue weighted by atomic mass is 32.1. The Morgan fingerprint density at radius 2 is 2.70 bits per heavy atom. The zero-order valence-electron chi connectivity index (χ0n) is 5.48. The van der Waals surface area contributed by atoms with Crippen LogP contribution in [0, 0.1) is 0 Å². The van der Waals surface area contributed by atoms with E-state index in [0.29, 0.717) is 6.47 Å². The average Bonchev–Trinajstić information content (AvgIpc) is 2.38. The van der Waals surface area contributed by atoms with Crippen LogP contribution in [0.3, 0.4) is 0 Å². The second kappa shape index (κ2) is 3.31. The van der Waals surface area contributed by atoms with Crippen LogP contribution in [-0.4, -0.2) is 11.5 Å². The van der Waals surface area contributed by atoms with E-state index in [1.165, 1.54) is 11.3 Å². The van der Waals surface area contributed by atoms with Crippen molar-refractivity contribution in [3.05, 3.63) is 16.6 Å². The Hall–Kier alpha value is -0.900. The first-order chi connectivity index (χ1) is 4.84. The van der Waals surface area contributed by atoms with Gasteiger partial charge in [0.05, 0.1) is 0 Å². The molecular formula is C6H7NO2S. The van der Waals surface area contributed by atoms with Crippen LogP contribution in [0.15, 0.2) is 11.6 Å². The molecule has 0 aliphatic rings. The second-order valence-electron chi connectivity index (χ2n) is 1.74. The molecule has 0 aromatic carbocycles. The molecule has 1 rings (SSSR count). The third-order valence-corrected chi connectivity index (χ3v) is 2.00. The summed E-state index contributed by atoms with van der Waals surface area (Å²) in [5.74, 6) is 0. The first kappa shape index (κ1) is 7.21. The van der Waals surface area contributed by atoms with Gasteiger partial charge in [-0.1, -0.05) is 0 Å². The minimum atomic E-state index is -0.211. The summed E-state index contributed by atoms with van der Waals surface area (Å²) < 4.78 is 4.65. The molecule has 0 saturated carbocycles. The molecule has 1 aromatic rings. The Bertz CT molecular complexity index is 198. The van der Waals surface area contributed by atoms with Gasteiger partial charge in [0.15, 0.2) is 0 Å². The largest absolute Gasteiger partial charge is 0.457 e. The smallest absolute Gasteiger partial charge is 0.293 e. The zero-order valence-corrected chi connectivity index (χ0v) is 6.30. The van der Waals surface area contributed by atoms with E-state index >= 15 is 0 Å². The van der Waals surface area contributed by atoms with Crippen molar-refractivity contribution in [2.24, 2.45) is 0 Å². The number of aromatic nitrogens is 1. The first-order valence-corrected chi connectivity index (χ1v) is 3.71. The average molecular weight is 157 g/mol. The molecule has 0 N–H and O–H groups in total. The van der Waals surface area contributed by atoms with Crippen LogP contribution in [0.1, 0.15) is 18.0 Å². The number of nitrogens with zero attached hydrogens (tertiary/aromatic N) is 1. The van der Waals surface area contributed by atoms with E-state index < -0.39 is 0 Å². The fourth-order valence-corrected chi connectivity index (χ4v) is 1.21. The monoisotopic (exact) mass is 157 g/mol. The van der Waals surface area contributed by atoms with Gasteiger partial charge in [0, 0.05) is 11.6 Å². The van der Waals surface area contributed by atoms with Crippen molar-refractivity contribution in [2.45, 2.75) is 13.0 Å². The maximum atomic E-state index is 9.87.